The summed E-state index contributed by atoms with van der Waals surface area (Å²) in [7, 11) is 0. The van der Waals surface area contributed by atoms with Gasteiger partial charge in [-0.2, -0.15) is 0 Å². The van der Waals surface area contributed by atoms with E-state index in [1.54, 1.807) is 4.68 Å². The normalized spacial score (nSPS) is 23.8. The quantitative estimate of drug-likeness (QED) is 0.785. The molecule has 1 fully saturated rings. The molecule has 1 aromatic heterocycles. The van der Waals surface area contributed by atoms with Crippen LogP contribution in [-0.4, -0.2) is 45.7 Å². The van der Waals surface area contributed by atoms with Crippen molar-refractivity contribution in [3.05, 3.63) is 24.3 Å². The van der Waals surface area contributed by atoms with Gasteiger partial charge in [0.2, 0.25) is 0 Å². The lowest BCUT2D eigenvalue weighted by Crippen LogP contribution is -2.43. The molecular formula is C16H19N3O5. The molecule has 0 N–H and O–H groups in total. The fourth-order valence-corrected chi connectivity index (χ4v) is 2.82. The zero-order valence-corrected chi connectivity index (χ0v) is 13.5. The van der Waals surface area contributed by atoms with Crippen molar-refractivity contribution in [2.45, 2.75) is 45.1 Å². The van der Waals surface area contributed by atoms with Gasteiger partial charge < -0.3 is 14.2 Å². The molecule has 2 heterocycles. The lowest BCUT2D eigenvalue weighted by Gasteiger charge is -2.35. The summed E-state index contributed by atoms with van der Waals surface area (Å²) >= 11 is 0. The Morgan fingerprint density at radius 2 is 2.04 bits per heavy atom. The lowest BCUT2D eigenvalue weighted by atomic mass is 10.0. The van der Waals surface area contributed by atoms with Crippen LogP contribution in [0.3, 0.4) is 0 Å². The molecule has 24 heavy (non-hydrogen) atoms. The molecule has 1 aliphatic rings. The van der Waals surface area contributed by atoms with Crippen molar-refractivity contribution in [3.63, 3.8) is 0 Å². The highest BCUT2D eigenvalue weighted by Gasteiger charge is 2.36. The number of fused-ring (bicyclic) bond motifs is 1. The van der Waals surface area contributed by atoms with Crippen LogP contribution in [0.2, 0.25) is 0 Å². The maximum atomic E-state index is 11.3. The molecule has 0 amide bonds. The van der Waals surface area contributed by atoms with Crippen LogP contribution in [0.15, 0.2) is 24.3 Å². The number of carbonyl (C=O) groups excluding carboxylic acids is 2. The van der Waals surface area contributed by atoms with Crippen LogP contribution in [0.5, 0.6) is 0 Å². The smallest absolute Gasteiger partial charge is 0.302 e. The van der Waals surface area contributed by atoms with Gasteiger partial charge in [0.25, 0.3) is 0 Å². The predicted octanol–water partition coefficient (Wildman–Crippen LogP) is 1.60. The minimum Gasteiger partial charge on any atom is -0.463 e. The van der Waals surface area contributed by atoms with Gasteiger partial charge in [-0.05, 0) is 25.0 Å². The number of aromatic nitrogens is 3. The largest absolute Gasteiger partial charge is 0.463 e. The highest BCUT2D eigenvalue weighted by Crippen LogP contribution is 2.30. The molecule has 0 aliphatic carbocycles. The summed E-state index contributed by atoms with van der Waals surface area (Å²) in [6, 6.07) is 7.59. The molecular weight excluding hydrogens is 314 g/mol. The summed E-state index contributed by atoms with van der Waals surface area (Å²) in [5, 5.41) is 8.28. The van der Waals surface area contributed by atoms with Crippen LogP contribution in [-0.2, 0) is 23.8 Å². The Kier molecular flexibility index (Phi) is 4.75. The topological polar surface area (TPSA) is 92.5 Å². The Balaban J connectivity index is 1.79. The molecule has 8 heteroatoms. The third-order valence-corrected chi connectivity index (χ3v) is 3.86. The first-order valence-electron chi connectivity index (χ1n) is 7.80. The second-order valence-electron chi connectivity index (χ2n) is 5.68. The Hall–Kier alpha value is -2.48. The van der Waals surface area contributed by atoms with Crippen LogP contribution in [0, 0.1) is 0 Å². The van der Waals surface area contributed by atoms with Crippen molar-refractivity contribution in [1.29, 1.82) is 0 Å². The summed E-state index contributed by atoms with van der Waals surface area (Å²) < 4.78 is 18.1. The molecule has 0 bridgehead atoms. The zero-order valence-electron chi connectivity index (χ0n) is 13.5. The molecule has 3 atom stereocenters. The van der Waals surface area contributed by atoms with Crippen LogP contribution in [0.1, 0.15) is 32.9 Å². The van der Waals surface area contributed by atoms with Crippen molar-refractivity contribution >= 4 is 23.0 Å². The monoisotopic (exact) mass is 333 g/mol. The highest BCUT2D eigenvalue weighted by atomic mass is 16.6. The second-order valence-corrected chi connectivity index (χ2v) is 5.68. The van der Waals surface area contributed by atoms with Gasteiger partial charge >= 0.3 is 11.9 Å². The number of benzene rings is 1. The van der Waals surface area contributed by atoms with E-state index in [9.17, 15) is 9.59 Å². The number of hydrogen-bond acceptors (Lipinski definition) is 7. The van der Waals surface area contributed by atoms with Crippen LogP contribution in [0.4, 0.5) is 0 Å². The van der Waals surface area contributed by atoms with Gasteiger partial charge in [0, 0.05) is 13.8 Å². The first-order valence-corrected chi connectivity index (χ1v) is 7.80. The molecule has 2 aromatic rings. The van der Waals surface area contributed by atoms with E-state index in [0.717, 1.165) is 11.0 Å². The van der Waals surface area contributed by atoms with Crippen molar-refractivity contribution in [3.8, 4) is 0 Å². The van der Waals surface area contributed by atoms with Gasteiger partial charge in [-0.15, -0.1) is 5.10 Å². The molecule has 0 radical (unpaired) electrons. The SMILES string of the molecule is CC(=O)OC[C@@H]1O[C@@H](n2nnc3ccccc32)CC[C@@H]1OC(C)=O. The van der Waals surface area contributed by atoms with Crippen molar-refractivity contribution in [2.75, 3.05) is 6.61 Å². The zero-order chi connectivity index (χ0) is 17.1. The molecule has 0 unspecified atom stereocenters. The van der Waals surface area contributed by atoms with Crippen molar-refractivity contribution < 1.29 is 23.8 Å². The summed E-state index contributed by atoms with van der Waals surface area (Å²) in [5.41, 5.74) is 1.64. The number of nitrogens with zero attached hydrogens (tertiary/aromatic N) is 3. The Bertz CT molecular complexity index is 744. The average molecular weight is 333 g/mol. The fraction of sp³-hybridized carbons (Fsp3) is 0.500. The van der Waals surface area contributed by atoms with Gasteiger partial charge in [-0.3, -0.25) is 9.59 Å². The number of rotatable bonds is 4. The van der Waals surface area contributed by atoms with E-state index in [-0.39, 0.29) is 18.8 Å². The second kappa shape index (κ2) is 6.96. The minimum atomic E-state index is -0.542. The lowest BCUT2D eigenvalue weighted by molar-refractivity contribution is -0.193. The summed E-state index contributed by atoms with van der Waals surface area (Å²) in [6.45, 7) is 2.70. The Labute approximate surface area is 138 Å². The van der Waals surface area contributed by atoms with E-state index >= 15 is 0 Å². The van der Waals surface area contributed by atoms with Crippen LogP contribution < -0.4 is 0 Å². The number of esters is 2. The fourth-order valence-electron chi connectivity index (χ4n) is 2.82. The van der Waals surface area contributed by atoms with Gasteiger partial charge in [-0.25, -0.2) is 4.68 Å². The molecule has 1 saturated heterocycles. The summed E-state index contributed by atoms with van der Waals surface area (Å²) in [5.74, 6) is -0.797. The van der Waals surface area contributed by atoms with E-state index in [2.05, 4.69) is 10.3 Å². The minimum absolute atomic E-state index is 0.0242. The van der Waals surface area contributed by atoms with Gasteiger partial charge in [0.05, 0.1) is 5.52 Å². The van der Waals surface area contributed by atoms with E-state index < -0.39 is 18.2 Å². The first kappa shape index (κ1) is 16.4. The predicted molar refractivity (Wildman–Crippen MR) is 82.9 cm³/mol. The third kappa shape index (κ3) is 3.53. The number of hydrogen-bond donors (Lipinski definition) is 0. The molecule has 3 rings (SSSR count). The van der Waals surface area contributed by atoms with Gasteiger partial charge in [0.15, 0.2) is 6.23 Å². The number of para-hydroxylation sites is 1. The number of ether oxygens (including phenoxy) is 3. The molecule has 0 spiro atoms. The van der Waals surface area contributed by atoms with E-state index in [4.69, 9.17) is 14.2 Å². The average Bonchev–Trinajstić information content (AvgIpc) is 2.97. The molecule has 0 saturated carbocycles. The van der Waals surface area contributed by atoms with Crippen molar-refractivity contribution in [2.24, 2.45) is 0 Å². The molecule has 128 valence electrons. The maximum Gasteiger partial charge on any atom is 0.302 e. The first-order chi connectivity index (χ1) is 11.5. The number of carbonyl (C=O) groups is 2. The Morgan fingerprint density at radius 3 is 2.79 bits per heavy atom. The van der Waals surface area contributed by atoms with Crippen molar-refractivity contribution in [1.82, 2.24) is 15.0 Å². The summed E-state index contributed by atoms with van der Waals surface area (Å²) in [4.78, 5) is 22.4. The van der Waals surface area contributed by atoms with Crippen LogP contribution >= 0.6 is 0 Å². The van der Waals surface area contributed by atoms with Gasteiger partial charge in [0.1, 0.15) is 24.3 Å². The maximum absolute atomic E-state index is 11.3. The van der Waals surface area contributed by atoms with E-state index in [1.165, 1.54) is 13.8 Å². The molecule has 8 nitrogen and oxygen atoms in total. The molecule has 1 aromatic carbocycles. The van der Waals surface area contributed by atoms with Gasteiger partial charge in [-0.1, -0.05) is 17.3 Å². The third-order valence-electron chi connectivity index (χ3n) is 3.86. The van der Waals surface area contributed by atoms with E-state index in [0.29, 0.717) is 12.8 Å². The standard InChI is InChI=1S/C16H19N3O5/c1-10(20)22-9-15-14(23-11(2)21)7-8-16(24-15)19-13-6-4-3-5-12(13)17-18-19/h3-6,14-16H,7-9H2,1-2H3/t14-,15-,16+/m0/s1. The summed E-state index contributed by atoms with van der Waals surface area (Å²) in [6.07, 6.45) is -0.149. The van der Waals surface area contributed by atoms with Crippen LogP contribution in [0.25, 0.3) is 11.0 Å². The molecule has 1 aliphatic heterocycles. The van der Waals surface area contributed by atoms with E-state index in [1.807, 2.05) is 24.3 Å². The highest BCUT2D eigenvalue weighted by molar-refractivity contribution is 5.73. The Morgan fingerprint density at radius 1 is 1.25 bits per heavy atom.